The zero-order valence-corrected chi connectivity index (χ0v) is 10.1. The summed E-state index contributed by atoms with van der Waals surface area (Å²) in [5.74, 6) is -1.45. The van der Waals surface area contributed by atoms with Gasteiger partial charge in [0, 0.05) is 7.11 Å². The van der Waals surface area contributed by atoms with Gasteiger partial charge in [0.25, 0.3) is 0 Å². The number of ether oxygens (including phenoxy) is 1. The van der Waals surface area contributed by atoms with Gasteiger partial charge >= 0.3 is 5.97 Å². The van der Waals surface area contributed by atoms with Crippen molar-refractivity contribution in [1.82, 2.24) is 0 Å². The number of benzene rings is 1. The summed E-state index contributed by atoms with van der Waals surface area (Å²) in [5.41, 5.74) is 1.69. The van der Waals surface area contributed by atoms with E-state index in [-0.39, 0.29) is 6.42 Å². The standard InChI is InChI=1S/C13H18O4/c1-9(13(15)16)6-12(14)11-5-3-4-10(7-11)8-17-2/h3-5,7,9,12,14H,6,8H2,1-2H3,(H,15,16). The summed E-state index contributed by atoms with van der Waals surface area (Å²) in [6.45, 7) is 2.07. The van der Waals surface area contributed by atoms with Crippen LogP contribution in [-0.4, -0.2) is 23.3 Å². The van der Waals surface area contributed by atoms with E-state index in [4.69, 9.17) is 9.84 Å². The van der Waals surface area contributed by atoms with Crippen LogP contribution in [0.25, 0.3) is 0 Å². The molecule has 4 nitrogen and oxygen atoms in total. The van der Waals surface area contributed by atoms with Crippen molar-refractivity contribution in [2.24, 2.45) is 5.92 Å². The molecule has 2 unspecified atom stereocenters. The lowest BCUT2D eigenvalue weighted by Crippen LogP contribution is -2.13. The number of hydrogen-bond donors (Lipinski definition) is 2. The molecule has 1 aromatic carbocycles. The first kappa shape index (κ1) is 13.7. The van der Waals surface area contributed by atoms with Gasteiger partial charge in [0.15, 0.2) is 0 Å². The summed E-state index contributed by atoms with van der Waals surface area (Å²) in [6.07, 6.45) is -0.538. The lowest BCUT2D eigenvalue weighted by Gasteiger charge is -2.14. The van der Waals surface area contributed by atoms with Crippen molar-refractivity contribution in [1.29, 1.82) is 0 Å². The van der Waals surface area contributed by atoms with E-state index in [2.05, 4.69) is 0 Å². The first-order valence-corrected chi connectivity index (χ1v) is 5.53. The fourth-order valence-corrected chi connectivity index (χ4v) is 1.63. The minimum atomic E-state index is -0.892. The molecule has 94 valence electrons. The van der Waals surface area contributed by atoms with Gasteiger partial charge in [-0.1, -0.05) is 31.2 Å². The largest absolute Gasteiger partial charge is 0.481 e. The van der Waals surface area contributed by atoms with Gasteiger partial charge in [-0.25, -0.2) is 0 Å². The summed E-state index contributed by atoms with van der Waals surface area (Å²) in [6, 6.07) is 7.36. The summed E-state index contributed by atoms with van der Waals surface area (Å²) in [5, 5.41) is 18.7. The maximum atomic E-state index is 10.7. The maximum Gasteiger partial charge on any atom is 0.306 e. The fraction of sp³-hybridized carbons (Fsp3) is 0.462. The Balaban J connectivity index is 2.71. The zero-order valence-electron chi connectivity index (χ0n) is 10.1. The van der Waals surface area contributed by atoms with E-state index in [0.717, 1.165) is 11.1 Å². The number of hydrogen-bond acceptors (Lipinski definition) is 3. The second-order valence-corrected chi connectivity index (χ2v) is 4.17. The van der Waals surface area contributed by atoms with E-state index in [1.807, 2.05) is 18.2 Å². The number of carboxylic acids is 1. The second kappa shape index (κ2) is 6.37. The Hall–Kier alpha value is -1.39. The second-order valence-electron chi connectivity index (χ2n) is 4.17. The highest BCUT2D eigenvalue weighted by Gasteiger charge is 2.17. The normalized spacial score (nSPS) is 14.3. The summed E-state index contributed by atoms with van der Waals surface area (Å²) < 4.78 is 5.01. The van der Waals surface area contributed by atoms with Crippen molar-refractivity contribution in [3.05, 3.63) is 35.4 Å². The van der Waals surface area contributed by atoms with Gasteiger partial charge in [-0.15, -0.1) is 0 Å². The van der Waals surface area contributed by atoms with Crippen molar-refractivity contribution in [3.8, 4) is 0 Å². The third kappa shape index (κ3) is 4.17. The molecule has 0 bridgehead atoms. The highest BCUT2D eigenvalue weighted by molar-refractivity contribution is 5.69. The van der Waals surface area contributed by atoms with E-state index in [1.165, 1.54) is 0 Å². The first-order valence-electron chi connectivity index (χ1n) is 5.53. The van der Waals surface area contributed by atoms with Crippen LogP contribution < -0.4 is 0 Å². The van der Waals surface area contributed by atoms with Crippen molar-refractivity contribution in [2.45, 2.75) is 26.1 Å². The van der Waals surface area contributed by atoms with Crippen LogP contribution in [0.4, 0.5) is 0 Å². The molecule has 0 amide bonds. The molecule has 0 heterocycles. The Morgan fingerprint density at radius 1 is 1.47 bits per heavy atom. The molecule has 2 atom stereocenters. The van der Waals surface area contributed by atoms with Crippen LogP contribution in [-0.2, 0) is 16.1 Å². The lowest BCUT2D eigenvalue weighted by atomic mass is 9.97. The van der Waals surface area contributed by atoms with Gasteiger partial charge < -0.3 is 14.9 Å². The van der Waals surface area contributed by atoms with E-state index in [9.17, 15) is 9.90 Å². The molecule has 0 saturated heterocycles. The van der Waals surface area contributed by atoms with Crippen LogP contribution in [0.2, 0.25) is 0 Å². The summed E-state index contributed by atoms with van der Waals surface area (Å²) in [7, 11) is 1.61. The molecular weight excluding hydrogens is 220 g/mol. The molecule has 4 heteroatoms. The van der Waals surface area contributed by atoms with Gasteiger partial charge in [0.1, 0.15) is 0 Å². The SMILES string of the molecule is COCc1cccc(C(O)CC(C)C(=O)O)c1. The highest BCUT2D eigenvalue weighted by Crippen LogP contribution is 2.22. The van der Waals surface area contributed by atoms with Crippen LogP contribution in [0, 0.1) is 5.92 Å². The predicted molar refractivity (Wildman–Crippen MR) is 63.5 cm³/mol. The van der Waals surface area contributed by atoms with Crippen LogP contribution in [0.15, 0.2) is 24.3 Å². The molecule has 0 radical (unpaired) electrons. The molecule has 2 N–H and O–H groups in total. The molecule has 0 aliphatic heterocycles. The third-order valence-corrected chi connectivity index (χ3v) is 2.65. The highest BCUT2D eigenvalue weighted by atomic mass is 16.5. The third-order valence-electron chi connectivity index (χ3n) is 2.65. The van der Waals surface area contributed by atoms with E-state index in [1.54, 1.807) is 20.1 Å². The van der Waals surface area contributed by atoms with Gasteiger partial charge in [-0.05, 0) is 17.5 Å². The first-order chi connectivity index (χ1) is 8.04. The number of methoxy groups -OCH3 is 1. The van der Waals surface area contributed by atoms with E-state index in [0.29, 0.717) is 6.61 Å². The number of carbonyl (C=O) groups is 1. The molecule has 1 rings (SSSR count). The number of aliphatic hydroxyl groups is 1. The predicted octanol–water partition coefficient (Wildman–Crippen LogP) is 1.98. The molecule has 0 fully saturated rings. The number of aliphatic carboxylic acids is 1. The molecule has 1 aromatic rings. The summed E-state index contributed by atoms with van der Waals surface area (Å²) in [4.78, 5) is 10.7. The van der Waals surface area contributed by atoms with Crippen LogP contribution >= 0.6 is 0 Å². The van der Waals surface area contributed by atoms with Crippen molar-refractivity contribution >= 4 is 5.97 Å². The van der Waals surface area contributed by atoms with Gasteiger partial charge in [-0.2, -0.15) is 0 Å². The van der Waals surface area contributed by atoms with Gasteiger partial charge in [0.05, 0.1) is 18.6 Å². The Kier molecular flexibility index (Phi) is 5.12. The van der Waals surface area contributed by atoms with Crippen LogP contribution in [0.5, 0.6) is 0 Å². The molecule has 0 aliphatic carbocycles. The monoisotopic (exact) mass is 238 g/mol. The zero-order chi connectivity index (χ0) is 12.8. The average molecular weight is 238 g/mol. The molecule has 0 spiro atoms. The van der Waals surface area contributed by atoms with Crippen molar-refractivity contribution < 1.29 is 19.7 Å². The number of carboxylic acid groups (broad SMARTS) is 1. The minimum absolute atomic E-state index is 0.214. The van der Waals surface area contributed by atoms with Crippen molar-refractivity contribution in [2.75, 3.05) is 7.11 Å². The quantitative estimate of drug-likeness (QED) is 0.795. The van der Waals surface area contributed by atoms with E-state index < -0.39 is 18.0 Å². The fourth-order valence-electron chi connectivity index (χ4n) is 1.63. The van der Waals surface area contributed by atoms with Crippen LogP contribution in [0.3, 0.4) is 0 Å². The van der Waals surface area contributed by atoms with Gasteiger partial charge in [-0.3, -0.25) is 4.79 Å². The summed E-state index contributed by atoms with van der Waals surface area (Å²) >= 11 is 0. The Bertz CT molecular complexity index is 375. The molecule has 17 heavy (non-hydrogen) atoms. The molecule has 0 aromatic heterocycles. The number of aliphatic hydroxyl groups excluding tert-OH is 1. The number of rotatable bonds is 6. The Morgan fingerprint density at radius 2 is 2.18 bits per heavy atom. The van der Waals surface area contributed by atoms with E-state index >= 15 is 0 Å². The topological polar surface area (TPSA) is 66.8 Å². The smallest absolute Gasteiger partial charge is 0.306 e. The molecular formula is C13H18O4. The molecule has 0 saturated carbocycles. The lowest BCUT2D eigenvalue weighted by molar-refractivity contribution is -0.142. The minimum Gasteiger partial charge on any atom is -0.481 e. The maximum absolute atomic E-state index is 10.7. The Morgan fingerprint density at radius 3 is 2.76 bits per heavy atom. The Labute approximate surface area is 101 Å². The van der Waals surface area contributed by atoms with Gasteiger partial charge in [0.2, 0.25) is 0 Å². The van der Waals surface area contributed by atoms with Crippen LogP contribution in [0.1, 0.15) is 30.6 Å². The molecule has 0 aliphatic rings. The average Bonchev–Trinajstić information content (AvgIpc) is 2.29. The van der Waals surface area contributed by atoms with Crippen molar-refractivity contribution in [3.63, 3.8) is 0 Å².